The van der Waals surface area contributed by atoms with Crippen LogP contribution in [0.25, 0.3) is 0 Å². The summed E-state index contributed by atoms with van der Waals surface area (Å²) in [6.45, 7) is 8.12. The van der Waals surface area contributed by atoms with E-state index in [1.807, 2.05) is 6.92 Å². The monoisotopic (exact) mass is 216 g/mol. The average molecular weight is 216 g/mol. The molecule has 90 valence electrons. The average Bonchev–Trinajstić information content (AvgIpc) is 2.19. The lowest BCUT2D eigenvalue weighted by molar-refractivity contribution is -0.119. The zero-order valence-corrected chi connectivity index (χ0v) is 10.2. The third kappa shape index (κ3) is 3.74. The van der Waals surface area contributed by atoms with Gasteiger partial charge in [-0.05, 0) is 25.2 Å². The van der Waals surface area contributed by atoms with Gasteiger partial charge in [0.05, 0.1) is 25.4 Å². The van der Waals surface area contributed by atoms with E-state index in [1.165, 1.54) is 0 Å². The topological polar surface area (TPSA) is 38.7 Å². The van der Waals surface area contributed by atoms with Gasteiger partial charge in [-0.1, -0.05) is 20.3 Å². The molecule has 0 bridgehead atoms. The first-order valence-corrected chi connectivity index (χ1v) is 5.95. The highest BCUT2D eigenvalue weighted by atomic mass is 16.5. The Kier molecular flexibility index (Phi) is 5.03. The molecule has 1 N–H and O–H groups in total. The SMILES string of the molecule is CCOCCOC1CCCC(C)(C)C1O. The Labute approximate surface area is 92.8 Å². The Hall–Kier alpha value is -0.120. The van der Waals surface area contributed by atoms with E-state index in [0.717, 1.165) is 25.9 Å². The van der Waals surface area contributed by atoms with Gasteiger partial charge < -0.3 is 14.6 Å². The van der Waals surface area contributed by atoms with Crippen molar-refractivity contribution in [3.8, 4) is 0 Å². The van der Waals surface area contributed by atoms with Crippen molar-refractivity contribution in [2.75, 3.05) is 19.8 Å². The second-order valence-corrected chi connectivity index (χ2v) is 4.93. The van der Waals surface area contributed by atoms with Crippen LogP contribution in [0.4, 0.5) is 0 Å². The first-order valence-electron chi connectivity index (χ1n) is 5.95. The van der Waals surface area contributed by atoms with E-state index in [-0.39, 0.29) is 17.6 Å². The summed E-state index contributed by atoms with van der Waals surface area (Å²) in [7, 11) is 0. The molecule has 1 saturated carbocycles. The van der Waals surface area contributed by atoms with Crippen molar-refractivity contribution >= 4 is 0 Å². The molecule has 0 aromatic heterocycles. The third-order valence-electron chi connectivity index (χ3n) is 3.23. The number of rotatable bonds is 5. The molecule has 0 radical (unpaired) electrons. The lowest BCUT2D eigenvalue weighted by atomic mass is 9.73. The predicted octanol–water partition coefficient (Wildman–Crippen LogP) is 1.98. The van der Waals surface area contributed by atoms with Crippen LogP contribution < -0.4 is 0 Å². The van der Waals surface area contributed by atoms with Gasteiger partial charge in [-0.2, -0.15) is 0 Å². The van der Waals surface area contributed by atoms with Crippen LogP contribution in [0.1, 0.15) is 40.0 Å². The summed E-state index contributed by atoms with van der Waals surface area (Å²) in [4.78, 5) is 0. The summed E-state index contributed by atoms with van der Waals surface area (Å²) in [6, 6.07) is 0. The highest BCUT2D eigenvalue weighted by molar-refractivity contribution is 4.88. The van der Waals surface area contributed by atoms with Crippen LogP contribution in [0.3, 0.4) is 0 Å². The van der Waals surface area contributed by atoms with E-state index >= 15 is 0 Å². The van der Waals surface area contributed by atoms with Gasteiger partial charge in [-0.15, -0.1) is 0 Å². The molecule has 0 amide bonds. The van der Waals surface area contributed by atoms with E-state index in [9.17, 15) is 5.11 Å². The zero-order valence-electron chi connectivity index (χ0n) is 10.2. The van der Waals surface area contributed by atoms with E-state index < -0.39 is 0 Å². The molecular formula is C12H24O3. The molecule has 2 unspecified atom stereocenters. The fourth-order valence-corrected chi connectivity index (χ4v) is 2.15. The van der Waals surface area contributed by atoms with Gasteiger partial charge in [0, 0.05) is 6.61 Å². The summed E-state index contributed by atoms with van der Waals surface area (Å²) < 4.78 is 10.9. The minimum absolute atomic E-state index is 0.00536. The van der Waals surface area contributed by atoms with Gasteiger partial charge in [0.15, 0.2) is 0 Å². The van der Waals surface area contributed by atoms with Gasteiger partial charge in [-0.3, -0.25) is 0 Å². The third-order valence-corrected chi connectivity index (χ3v) is 3.23. The van der Waals surface area contributed by atoms with Crippen LogP contribution in [0.5, 0.6) is 0 Å². The minimum atomic E-state index is -0.340. The van der Waals surface area contributed by atoms with Gasteiger partial charge in [0.1, 0.15) is 0 Å². The minimum Gasteiger partial charge on any atom is -0.390 e. The molecular weight excluding hydrogens is 192 g/mol. The van der Waals surface area contributed by atoms with Gasteiger partial charge >= 0.3 is 0 Å². The highest BCUT2D eigenvalue weighted by Crippen LogP contribution is 2.36. The fourth-order valence-electron chi connectivity index (χ4n) is 2.15. The van der Waals surface area contributed by atoms with E-state index in [1.54, 1.807) is 0 Å². The van der Waals surface area contributed by atoms with Crippen LogP contribution in [0, 0.1) is 5.41 Å². The summed E-state index contributed by atoms with van der Waals surface area (Å²) in [5, 5.41) is 10.1. The summed E-state index contributed by atoms with van der Waals surface area (Å²) >= 11 is 0. The van der Waals surface area contributed by atoms with E-state index in [2.05, 4.69) is 13.8 Å². The van der Waals surface area contributed by atoms with Crippen molar-refractivity contribution in [1.82, 2.24) is 0 Å². The first kappa shape index (κ1) is 12.9. The van der Waals surface area contributed by atoms with Crippen LogP contribution in [0.2, 0.25) is 0 Å². The van der Waals surface area contributed by atoms with Crippen molar-refractivity contribution in [2.45, 2.75) is 52.2 Å². The fraction of sp³-hybridized carbons (Fsp3) is 1.00. The summed E-state index contributed by atoms with van der Waals surface area (Å²) in [6.07, 6.45) is 2.85. The van der Waals surface area contributed by atoms with Crippen LogP contribution >= 0.6 is 0 Å². The Morgan fingerprint density at radius 1 is 1.33 bits per heavy atom. The number of hydrogen-bond acceptors (Lipinski definition) is 3. The molecule has 1 aliphatic rings. The van der Waals surface area contributed by atoms with Gasteiger partial charge in [0.2, 0.25) is 0 Å². The molecule has 0 aromatic rings. The molecule has 0 spiro atoms. The molecule has 15 heavy (non-hydrogen) atoms. The van der Waals surface area contributed by atoms with Gasteiger partial charge in [0.25, 0.3) is 0 Å². The molecule has 1 fully saturated rings. The van der Waals surface area contributed by atoms with Crippen molar-refractivity contribution in [3.63, 3.8) is 0 Å². The van der Waals surface area contributed by atoms with Gasteiger partial charge in [-0.25, -0.2) is 0 Å². The molecule has 0 saturated heterocycles. The largest absolute Gasteiger partial charge is 0.390 e. The van der Waals surface area contributed by atoms with Crippen molar-refractivity contribution < 1.29 is 14.6 Å². The quantitative estimate of drug-likeness (QED) is 0.714. The maximum Gasteiger partial charge on any atom is 0.0852 e. The molecule has 3 nitrogen and oxygen atoms in total. The number of hydrogen-bond donors (Lipinski definition) is 1. The Bertz CT molecular complexity index is 180. The van der Waals surface area contributed by atoms with Crippen LogP contribution in [0.15, 0.2) is 0 Å². The smallest absolute Gasteiger partial charge is 0.0852 e. The lowest BCUT2D eigenvalue weighted by Crippen LogP contribution is -2.44. The molecule has 1 rings (SSSR count). The van der Waals surface area contributed by atoms with Crippen molar-refractivity contribution in [1.29, 1.82) is 0 Å². The van der Waals surface area contributed by atoms with E-state index in [4.69, 9.17) is 9.47 Å². The number of ether oxygens (including phenoxy) is 2. The second kappa shape index (κ2) is 5.83. The van der Waals surface area contributed by atoms with Crippen LogP contribution in [-0.2, 0) is 9.47 Å². The summed E-state index contributed by atoms with van der Waals surface area (Å²) in [5.74, 6) is 0. The number of aliphatic hydroxyl groups is 1. The number of aliphatic hydroxyl groups excluding tert-OH is 1. The highest BCUT2D eigenvalue weighted by Gasteiger charge is 2.38. The molecule has 2 atom stereocenters. The second-order valence-electron chi connectivity index (χ2n) is 4.93. The maximum absolute atomic E-state index is 10.1. The predicted molar refractivity (Wildman–Crippen MR) is 59.9 cm³/mol. The molecule has 0 heterocycles. The molecule has 0 aromatic carbocycles. The Morgan fingerprint density at radius 2 is 2.07 bits per heavy atom. The van der Waals surface area contributed by atoms with E-state index in [0.29, 0.717) is 13.2 Å². The maximum atomic E-state index is 10.1. The summed E-state index contributed by atoms with van der Waals surface area (Å²) in [5.41, 5.74) is -0.00543. The Morgan fingerprint density at radius 3 is 2.73 bits per heavy atom. The van der Waals surface area contributed by atoms with Crippen LogP contribution in [-0.4, -0.2) is 37.1 Å². The zero-order chi connectivity index (χ0) is 11.3. The molecule has 1 aliphatic carbocycles. The lowest BCUT2D eigenvalue weighted by Gasteiger charge is -2.40. The molecule has 3 heteroatoms. The standard InChI is InChI=1S/C12H24O3/c1-4-14-8-9-15-10-6-5-7-12(2,3)11(10)13/h10-11,13H,4-9H2,1-3H3. The normalized spacial score (nSPS) is 30.4. The first-order chi connectivity index (χ1) is 7.08. The molecule has 0 aliphatic heterocycles. The van der Waals surface area contributed by atoms with Crippen molar-refractivity contribution in [3.05, 3.63) is 0 Å². The Balaban J connectivity index is 2.28. The van der Waals surface area contributed by atoms with Crippen molar-refractivity contribution in [2.24, 2.45) is 5.41 Å².